The fourth-order valence-electron chi connectivity index (χ4n) is 2.05. The van der Waals surface area contributed by atoms with E-state index in [1.165, 1.54) is 5.39 Å². The van der Waals surface area contributed by atoms with Crippen molar-refractivity contribution >= 4 is 16.6 Å². The smallest absolute Gasteiger partial charge is 0.224 e. The summed E-state index contributed by atoms with van der Waals surface area (Å²) >= 11 is 0. The van der Waals surface area contributed by atoms with Crippen molar-refractivity contribution in [3.8, 4) is 11.6 Å². The average molecular weight is 265 g/mol. The van der Waals surface area contributed by atoms with Crippen molar-refractivity contribution in [3.63, 3.8) is 0 Å². The summed E-state index contributed by atoms with van der Waals surface area (Å²) in [5, 5.41) is 2.30. The molecule has 0 saturated carbocycles. The molecule has 0 bridgehead atoms. The predicted octanol–water partition coefficient (Wildman–Crippen LogP) is 3.57. The van der Waals surface area contributed by atoms with E-state index in [0.29, 0.717) is 17.5 Å². The summed E-state index contributed by atoms with van der Waals surface area (Å²) in [6.45, 7) is 1.98. The van der Waals surface area contributed by atoms with Crippen LogP contribution in [0.25, 0.3) is 10.8 Å². The minimum Gasteiger partial charge on any atom is -0.439 e. The lowest BCUT2D eigenvalue weighted by Gasteiger charge is -2.07. The van der Waals surface area contributed by atoms with E-state index in [0.717, 1.165) is 17.6 Å². The van der Waals surface area contributed by atoms with E-state index in [-0.39, 0.29) is 0 Å². The number of benzene rings is 2. The van der Waals surface area contributed by atoms with E-state index in [9.17, 15) is 0 Å². The van der Waals surface area contributed by atoms with Gasteiger partial charge in [-0.1, -0.05) is 37.3 Å². The number of fused-ring (bicyclic) bond motifs is 1. The van der Waals surface area contributed by atoms with Gasteiger partial charge in [0.15, 0.2) is 0 Å². The molecular weight excluding hydrogens is 250 g/mol. The predicted molar refractivity (Wildman–Crippen MR) is 79.8 cm³/mol. The Balaban J connectivity index is 1.94. The highest BCUT2D eigenvalue weighted by molar-refractivity contribution is 5.83. The molecule has 1 heterocycles. The molecule has 0 spiro atoms. The SMILES string of the molecule is CCc1nc(N)cc(Oc2ccc3ccccc3c2)n1. The van der Waals surface area contributed by atoms with Crippen molar-refractivity contribution in [1.82, 2.24) is 9.97 Å². The second kappa shape index (κ2) is 5.17. The van der Waals surface area contributed by atoms with Crippen LogP contribution >= 0.6 is 0 Å². The quantitative estimate of drug-likeness (QED) is 0.786. The Kier molecular flexibility index (Phi) is 3.21. The third-order valence-electron chi connectivity index (χ3n) is 3.03. The molecule has 2 N–H and O–H groups in total. The van der Waals surface area contributed by atoms with Gasteiger partial charge in [0.2, 0.25) is 5.88 Å². The molecule has 0 aliphatic carbocycles. The van der Waals surface area contributed by atoms with Crippen LogP contribution in [-0.2, 0) is 6.42 Å². The van der Waals surface area contributed by atoms with Crippen LogP contribution in [-0.4, -0.2) is 9.97 Å². The zero-order chi connectivity index (χ0) is 13.9. The molecule has 1 aromatic heterocycles. The van der Waals surface area contributed by atoms with Gasteiger partial charge in [0.25, 0.3) is 0 Å². The van der Waals surface area contributed by atoms with Crippen LogP contribution in [0.15, 0.2) is 48.5 Å². The van der Waals surface area contributed by atoms with Gasteiger partial charge in [0.05, 0.1) is 0 Å². The molecule has 0 saturated heterocycles. The number of nitrogens with zero attached hydrogens (tertiary/aromatic N) is 2. The number of hydrogen-bond donors (Lipinski definition) is 1. The first-order chi connectivity index (χ1) is 9.74. The number of aryl methyl sites for hydroxylation is 1. The maximum Gasteiger partial charge on any atom is 0.224 e. The van der Waals surface area contributed by atoms with Gasteiger partial charge in [-0.2, -0.15) is 4.98 Å². The Labute approximate surface area is 117 Å². The van der Waals surface area contributed by atoms with Crippen molar-refractivity contribution in [2.24, 2.45) is 0 Å². The maximum atomic E-state index is 5.78. The van der Waals surface area contributed by atoms with Crippen LogP contribution in [0.3, 0.4) is 0 Å². The molecule has 0 aliphatic heterocycles. The van der Waals surface area contributed by atoms with Gasteiger partial charge >= 0.3 is 0 Å². The molecule has 4 heteroatoms. The fourth-order valence-corrected chi connectivity index (χ4v) is 2.05. The Hall–Kier alpha value is -2.62. The van der Waals surface area contributed by atoms with Gasteiger partial charge in [-0.15, -0.1) is 0 Å². The Morgan fingerprint density at radius 3 is 2.60 bits per heavy atom. The summed E-state index contributed by atoms with van der Waals surface area (Å²) in [7, 11) is 0. The number of nitrogen functional groups attached to an aromatic ring is 1. The lowest BCUT2D eigenvalue weighted by atomic mass is 10.1. The molecule has 0 unspecified atom stereocenters. The standard InChI is InChI=1S/C16H15N3O/c1-2-15-18-14(17)10-16(19-15)20-13-8-7-11-5-3-4-6-12(11)9-13/h3-10H,2H2,1H3,(H2,17,18,19). The molecule has 4 nitrogen and oxygen atoms in total. The summed E-state index contributed by atoms with van der Waals surface area (Å²) in [4.78, 5) is 8.44. The van der Waals surface area contributed by atoms with Crippen LogP contribution in [0.2, 0.25) is 0 Å². The number of hydrogen-bond acceptors (Lipinski definition) is 4. The van der Waals surface area contributed by atoms with E-state index in [2.05, 4.69) is 16.0 Å². The van der Waals surface area contributed by atoms with Crippen molar-refractivity contribution < 1.29 is 4.74 Å². The lowest BCUT2D eigenvalue weighted by Crippen LogP contribution is -2.00. The summed E-state index contributed by atoms with van der Waals surface area (Å²) in [5.41, 5.74) is 5.75. The number of rotatable bonds is 3. The zero-order valence-electron chi connectivity index (χ0n) is 11.2. The minimum absolute atomic E-state index is 0.424. The van der Waals surface area contributed by atoms with E-state index in [1.54, 1.807) is 6.07 Å². The summed E-state index contributed by atoms with van der Waals surface area (Å²) in [6, 6.07) is 15.7. The van der Waals surface area contributed by atoms with E-state index in [4.69, 9.17) is 10.5 Å². The minimum atomic E-state index is 0.424. The van der Waals surface area contributed by atoms with Crippen molar-refractivity contribution in [2.45, 2.75) is 13.3 Å². The van der Waals surface area contributed by atoms with Crippen LogP contribution in [0.5, 0.6) is 11.6 Å². The van der Waals surface area contributed by atoms with E-state index >= 15 is 0 Å². The Morgan fingerprint density at radius 2 is 1.80 bits per heavy atom. The Bertz CT molecular complexity index is 756. The fraction of sp³-hybridized carbons (Fsp3) is 0.125. The number of ether oxygens (including phenoxy) is 1. The molecule has 0 radical (unpaired) electrons. The van der Waals surface area contributed by atoms with Crippen molar-refractivity contribution in [3.05, 3.63) is 54.4 Å². The van der Waals surface area contributed by atoms with Gasteiger partial charge < -0.3 is 10.5 Å². The van der Waals surface area contributed by atoms with Crippen molar-refractivity contribution in [1.29, 1.82) is 0 Å². The van der Waals surface area contributed by atoms with Gasteiger partial charge in [-0.3, -0.25) is 0 Å². The van der Waals surface area contributed by atoms with Gasteiger partial charge in [-0.05, 0) is 22.9 Å². The first-order valence-electron chi connectivity index (χ1n) is 6.54. The molecule has 0 amide bonds. The maximum absolute atomic E-state index is 5.78. The molecule has 0 aliphatic rings. The monoisotopic (exact) mass is 265 g/mol. The van der Waals surface area contributed by atoms with E-state index in [1.807, 2.05) is 43.3 Å². The van der Waals surface area contributed by atoms with Gasteiger partial charge in [-0.25, -0.2) is 4.98 Å². The second-order valence-electron chi connectivity index (χ2n) is 4.51. The highest BCUT2D eigenvalue weighted by atomic mass is 16.5. The average Bonchev–Trinajstić information content (AvgIpc) is 2.46. The lowest BCUT2D eigenvalue weighted by molar-refractivity contribution is 0.460. The first-order valence-corrected chi connectivity index (χ1v) is 6.54. The summed E-state index contributed by atoms with van der Waals surface area (Å²) < 4.78 is 5.78. The first kappa shape index (κ1) is 12.4. The number of anilines is 1. The van der Waals surface area contributed by atoms with Crippen LogP contribution < -0.4 is 10.5 Å². The highest BCUT2D eigenvalue weighted by Crippen LogP contribution is 2.25. The second-order valence-corrected chi connectivity index (χ2v) is 4.51. The molecule has 2 aromatic carbocycles. The third kappa shape index (κ3) is 2.54. The molecule has 3 rings (SSSR count). The zero-order valence-corrected chi connectivity index (χ0v) is 11.2. The topological polar surface area (TPSA) is 61.0 Å². The van der Waals surface area contributed by atoms with E-state index < -0.39 is 0 Å². The molecular formula is C16H15N3O. The molecule has 100 valence electrons. The summed E-state index contributed by atoms with van der Waals surface area (Å²) in [6.07, 6.45) is 0.721. The van der Waals surface area contributed by atoms with Crippen LogP contribution in [0.4, 0.5) is 5.82 Å². The van der Waals surface area contributed by atoms with Gasteiger partial charge in [0.1, 0.15) is 17.4 Å². The van der Waals surface area contributed by atoms with Crippen LogP contribution in [0, 0.1) is 0 Å². The van der Waals surface area contributed by atoms with Crippen molar-refractivity contribution in [2.75, 3.05) is 5.73 Å². The van der Waals surface area contributed by atoms with Crippen LogP contribution in [0.1, 0.15) is 12.7 Å². The van der Waals surface area contributed by atoms with Gasteiger partial charge in [0, 0.05) is 12.5 Å². The summed E-state index contributed by atoms with van der Waals surface area (Å²) in [5.74, 6) is 2.32. The Morgan fingerprint density at radius 1 is 1.00 bits per heavy atom. The number of nitrogens with two attached hydrogens (primary N) is 1. The highest BCUT2D eigenvalue weighted by Gasteiger charge is 2.04. The molecule has 0 fully saturated rings. The third-order valence-corrected chi connectivity index (χ3v) is 3.03. The molecule has 20 heavy (non-hydrogen) atoms. The number of aromatic nitrogens is 2. The largest absolute Gasteiger partial charge is 0.439 e. The molecule has 0 atom stereocenters. The molecule has 3 aromatic rings. The normalized spacial score (nSPS) is 10.7.